The number of hydrogen-bond acceptors (Lipinski definition) is 4. The summed E-state index contributed by atoms with van der Waals surface area (Å²) >= 11 is 0. The Balaban J connectivity index is 1.87. The molecular formula is C16H13NO3S. The molecule has 2 aliphatic rings. The van der Waals surface area contributed by atoms with Gasteiger partial charge in [0.1, 0.15) is 0 Å². The fourth-order valence-electron chi connectivity index (χ4n) is 2.96. The maximum atomic E-state index is 12.5. The van der Waals surface area contributed by atoms with Gasteiger partial charge >= 0.3 is 0 Å². The Morgan fingerprint density at radius 2 is 1.76 bits per heavy atom. The standard InChI is InChI=1S/C16H13NO3S/c1-10-6-8-11(9-7-10)15-14-12-4-2-3-5-13(12)21(18,19)16(14)20-17-15/h2-9,14,16H,1H3/t14-,16-/m1/s1. The van der Waals surface area contributed by atoms with E-state index in [-0.39, 0.29) is 5.92 Å². The summed E-state index contributed by atoms with van der Waals surface area (Å²) in [6.45, 7) is 2.01. The fraction of sp³-hybridized carbons (Fsp3) is 0.188. The highest BCUT2D eigenvalue weighted by molar-refractivity contribution is 7.92. The minimum absolute atomic E-state index is 0.339. The second-order valence-electron chi connectivity index (χ2n) is 5.38. The number of hydrogen-bond donors (Lipinski definition) is 0. The summed E-state index contributed by atoms with van der Waals surface area (Å²) in [6, 6.07) is 14.9. The summed E-state index contributed by atoms with van der Waals surface area (Å²) in [5.74, 6) is -0.339. The van der Waals surface area contributed by atoms with E-state index in [0.29, 0.717) is 10.6 Å². The van der Waals surface area contributed by atoms with E-state index in [1.807, 2.05) is 43.3 Å². The number of sulfone groups is 1. The number of fused-ring (bicyclic) bond motifs is 3. The van der Waals surface area contributed by atoms with Gasteiger partial charge in [-0.25, -0.2) is 8.42 Å². The lowest BCUT2D eigenvalue weighted by Gasteiger charge is -2.09. The van der Waals surface area contributed by atoms with Gasteiger partial charge in [0, 0.05) is 5.56 Å². The van der Waals surface area contributed by atoms with Crippen LogP contribution in [0.4, 0.5) is 0 Å². The molecule has 2 aromatic rings. The molecule has 0 aliphatic carbocycles. The average Bonchev–Trinajstić information content (AvgIpc) is 3.01. The quantitative estimate of drug-likeness (QED) is 0.813. The van der Waals surface area contributed by atoms with Crippen LogP contribution in [0.3, 0.4) is 0 Å². The Hall–Kier alpha value is -2.14. The molecule has 0 bridgehead atoms. The first-order valence-corrected chi connectivity index (χ1v) is 8.27. The molecule has 2 heterocycles. The number of oxime groups is 1. The van der Waals surface area contributed by atoms with Crippen LogP contribution in [0.5, 0.6) is 0 Å². The van der Waals surface area contributed by atoms with Crippen LogP contribution >= 0.6 is 0 Å². The Labute approximate surface area is 123 Å². The molecule has 0 radical (unpaired) electrons. The molecular weight excluding hydrogens is 286 g/mol. The van der Waals surface area contributed by atoms with Crippen LogP contribution in [0.15, 0.2) is 58.6 Å². The maximum Gasteiger partial charge on any atom is 0.244 e. The van der Waals surface area contributed by atoms with Gasteiger partial charge in [0.05, 0.1) is 16.5 Å². The van der Waals surface area contributed by atoms with Crippen LogP contribution in [0.25, 0.3) is 0 Å². The summed E-state index contributed by atoms with van der Waals surface area (Å²) in [7, 11) is -3.47. The van der Waals surface area contributed by atoms with Crippen molar-refractivity contribution in [3.63, 3.8) is 0 Å². The van der Waals surface area contributed by atoms with Crippen LogP contribution < -0.4 is 0 Å². The molecule has 2 atom stereocenters. The topological polar surface area (TPSA) is 55.7 Å². The third-order valence-corrected chi connectivity index (χ3v) is 5.99. The van der Waals surface area contributed by atoms with Gasteiger partial charge in [0.15, 0.2) is 0 Å². The minimum atomic E-state index is -3.47. The number of benzene rings is 2. The van der Waals surface area contributed by atoms with Crippen molar-refractivity contribution in [1.29, 1.82) is 0 Å². The SMILES string of the molecule is Cc1ccc(C2=NO[C@H]3[C@@H]2c2ccccc2S3(=O)=O)cc1. The average molecular weight is 299 g/mol. The molecule has 0 unspecified atom stereocenters. The van der Waals surface area contributed by atoms with E-state index in [9.17, 15) is 8.42 Å². The van der Waals surface area contributed by atoms with Crippen molar-refractivity contribution >= 4 is 15.5 Å². The molecule has 2 aliphatic heterocycles. The van der Waals surface area contributed by atoms with Gasteiger partial charge in [-0.1, -0.05) is 53.2 Å². The molecule has 0 amide bonds. The largest absolute Gasteiger partial charge is 0.374 e. The van der Waals surface area contributed by atoms with Gasteiger partial charge in [-0.2, -0.15) is 0 Å². The van der Waals surface area contributed by atoms with Crippen molar-refractivity contribution in [2.24, 2.45) is 5.16 Å². The van der Waals surface area contributed by atoms with Gasteiger partial charge in [0.2, 0.25) is 15.3 Å². The second kappa shape index (κ2) is 4.18. The maximum absolute atomic E-state index is 12.5. The van der Waals surface area contributed by atoms with Crippen molar-refractivity contribution in [3.8, 4) is 0 Å². The van der Waals surface area contributed by atoms with E-state index >= 15 is 0 Å². The molecule has 0 aromatic heterocycles. The predicted molar refractivity (Wildman–Crippen MR) is 79.0 cm³/mol. The first-order valence-electron chi connectivity index (χ1n) is 6.72. The van der Waals surface area contributed by atoms with Crippen molar-refractivity contribution in [2.75, 3.05) is 0 Å². The van der Waals surface area contributed by atoms with Crippen LogP contribution in [0.1, 0.15) is 22.6 Å². The molecule has 4 nitrogen and oxygen atoms in total. The first-order chi connectivity index (χ1) is 10.1. The van der Waals surface area contributed by atoms with Gasteiger partial charge in [0.25, 0.3) is 0 Å². The normalized spacial score (nSPS) is 24.9. The van der Waals surface area contributed by atoms with Crippen LogP contribution in [-0.4, -0.2) is 19.6 Å². The predicted octanol–water partition coefficient (Wildman–Crippen LogP) is 2.63. The van der Waals surface area contributed by atoms with E-state index in [1.54, 1.807) is 12.1 Å². The van der Waals surface area contributed by atoms with Crippen LogP contribution in [0.2, 0.25) is 0 Å². The smallest absolute Gasteiger partial charge is 0.244 e. The highest BCUT2D eigenvalue weighted by Crippen LogP contribution is 2.46. The van der Waals surface area contributed by atoms with E-state index in [0.717, 1.165) is 16.7 Å². The fourth-order valence-corrected chi connectivity index (χ4v) is 4.80. The lowest BCUT2D eigenvalue weighted by Crippen LogP contribution is -2.22. The zero-order valence-corrected chi connectivity index (χ0v) is 12.2. The van der Waals surface area contributed by atoms with E-state index in [2.05, 4.69) is 5.16 Å². The second-order valence-corrected chi connectivity index (χ2v) is 7.37. The van der Waals surface area contributed by atoms with Gasteiger partial charge in [-0.3, -0.25) is 0 Å². The third-order valence-electron chi connectivity index (χ3n) is 4.04. The summed E-state index contributed by atoms with van der Waals surface area (Å²) in [5, 5.41) is 4.05. The lowest BCUT2D eigenvalue weighted by atomic mass is 9.91. The molecule has 106 valence electrons. The molecule has 0 N–H and O–H groups in total. The van der Waals surface area contributed by atoms with Crippen LogP contribution in [-0.2, 0) is 14.7 Å². The van der Waals surface area contributed by atoms with Gasteiger partial charge < -0.3 is 4.84 Å². The zero-order chi connectivity index (χ0) is 14.6. The summed E-state index contributed by atoms with van der Waals surface area (Å²) in [4.78, 5) is 5.63. The molecule has 2 aromatic carbocycles. The Morgan fingerprint density at radius 1 is 1.05 bits per heavy atom. The van der Waals surface area contributed by atoms with E-state index < -0.39 is 15.3 Å². The molecule has 5 heteroatoms. The Bertz CT molecular complexity index is 853. The minimum Gasteiger partial charge on any atom is -0.374 e. The Morgan fingerprint density at radius 3 is 2.52 bits per heavy atom. The molecule has 0 spiro atoms. The highest BCUT2D eigenvalue weighted by Gasteiger charge is 2.52. The molecule has 0 fully saturated rings. The summed E-state index contributed by atoms with van der Waals surface area (Å²) in [6.07, 6.45) is 0. The van der Waals surface area contributed by atoms with E-state index in [4.69, 9.17) is 4.84 Å². The van der Waals surface area contributed by atoms with Crippen molar-refractivity contribution in [3.05, 3.63) is 65.2 Å². The van der Waals surface area contributed by atoms with Crippen molar-refractivity contribution in [2.45, 2.75) is 23.2 Å². The molecule has 0 saturated heterocycles. The van der Waals surface area contributed by atoms with Gasteiger partial charge in [-0.15, -0.1) is 0 Å². The van der Waals surface area contributed by atoms with Gasteiger partial charge in [-0.05, 0) is 18.6 Å². The van der Waals surface area contributed by atoms with Crippen molar-refractivity contribution < 1.29 is 13.3 Å². The molecule has 4 rings (SSSR count). The summed E-state index contributed by atoms with van der Waals surface area (Å²) in [5.41, 5.74) is 2.59. The zero-order valence-electron chi connectivity index (χ0n) is 11.4. The third kappa shape index (κ3) is 1.67. The van der Waals surface area contributed by atoms with Crippen LogP contribution in [0, 0.1) is 6.92 Å². The first kappa shape index (κ1) is 12.6. The lowest BCUT2D eigenvalue weighted by molar-refractivity contribution is 0.135. The van der Waals surface area contributed by atoms with E-state index in [1.165, 1.54) is 0 Å². The molecule has 0 saturated carbocycles. The number of aryl methyl sites for hydroxylation is 1. The number of rotatable bonds is 1. The monoisotopic (exact) mass is 299 g/mol. The molecule has 21 heavy (non-hydrogen) atoms. The van der Waals surface area contributed by atoms with Crippen molar-refractivity contribution in [1.82, 2.24) is 0 Å². The highest BCUT2D eigenvalue weighted by atomic mass is 32.2. The Kier molecular flexibility index (Phi) is 2.50. The number of nitrogens with zero attached hydrogens (tertiary/aromatic N) is 1. The summed E-state index contributed by atoms with van der Waals surface area (Å²) < 4.78 is 25.0.